The van der Waals surface area contributed by atoms with Gasteiger partial charge in [0.25, 0.3) is 11.5 Å². The number of H-pyrrole nitrogens is 1. The summed E-state index contributed by atoms with van der Waals surface area (Å²) in [4.78, 5) is 38.0. The van der Waals surface area contributed by atoms with Crippen molar-refractivity contribution in [3.63, 3.8) is 0 Å². The molecule has 0 aliphatic heterocycles. The molecule has 1 amide bonds. The summed E-state index contributed by atoms with van der Waals surface area (Å²) in [6.45, 7) is 0.874. The Labute approximate surface area is 182 Å². The molecule has 7 nitrogen and oxygen atoms in total. The highest BCUT2D eigenvalue weighted by molar-refractivity contribution is 6.31. The smallest absolute Gasteiger partial charge is 0.290 e. The Kier molecular flexibility index (Phi) is 6.08. The highest BCUT2D eigenvalue weighted by Gasteiger charge is 2.22. The van der Waals surface area contributed by atoms with Crippen LogP contribution in [0, 0.1) is 5.82 Å². The van der Waals surface area contributed by atoms with E-state index in [1.54, 1.807) is 42.9 Å². The average molecular weight is 440 g/mol. The van der Waals surface area contributed by atoms with Gasteiger partial charge in [0, 0.05) is 36.1 Å². The lowest BCUT2D eigenvalue weighted by molar-refractivity contribution is 0.0725. The molecular formula is C22H19ClFN5O2. The maximum absolute atomic E-state index is 14.4. The van der Waals surface area contributed by atoms with Gasteiger partial charge in [-0.1, -0.05) is 29.8 Å². The fraction of sp³-hybridized carbons (Fsp3) is 0.182. The monoisotopic (exact) mass is 439 g/mol. The molecule has 0 atom stereocenters. The summed E-state index contributed by atoms with van der Waals surface area (Å²) in [7, 11) is 0. The number of imidazole rings is 1. The molecule has 0 saturated heterocycles. The molecule has 4 rings (SSSR count). The van der Waals surface area contributed by atoms with Gasteiger partial charge in [0.2, 0.25) is 0 Å². The first kappa shape index (κ1) is 20.7. The summed E-state index contributed by atoms with van der Waals surface area (Å²) in [6.07, 6.45) is 5.77. The van der Waals surface area contributed by atoms with Crippen LogP contribution in [0.25, 0.3) is 10.9 Å². The zero-order valence-corrected chi connectivity index (χ0v) is 17.2. The summed E-state index contributed by atoms with van der Waals surface area (Å²) in [6, 6.07) is 11.1. The molecule has 0 aliphatic carbocycles. The van der Waals surface area contributed by atoms with E-state index in [1.165, 1.54) is 17.0 Å². The highest BCUT2D eigenvalue weighted by Crippen LogP contribution is 2.22. The van der Waals surface area contributed by atoms with Crippen molar-refractivity contribution in [2.24, 2.45) is 0 Å². The zero-order chi connectivity index (χ0) is 21.8. The topological polar surface area (TPSA) is 83.9 Å². The molecule has 0 saturated carbocycles. The average Bonchev–Trinajstić information content (AvgIpc) is 3.28. The molecule has 0 bridgehead atoms. The molecule has 31 heavy (non-hydrogen) atoms. The van der Waals surface area contributed by atoms with Crippen LogP contribution in [0.2, 0.25) is 5.02 Å². The molecule has 0 spiro atoms. The maximum atomic E-state index is 14.4. The van der Waals surface area contributed by atoms with Crippen LogP contribution >= 0.6 is 11.6 Å². The first-order chi connectivity index (χ1) is 15.0. The van der Waals surface area contributed by atoms with Crippen molar-refractivity contribution < 1.29 is 9.18 Å². The fourth-order valence-corrected chi connectivity index (χ4v) is 3.55. The van der Waals surface area contributed by atoms with Crippen molar-refractivity contribution in [3.05, 3.63) is 93.8 Å². The van der Waals surface area contributed by atoms with Gasteiger partial charge in [-0.15, -0.1) is 0 Å². The predicted molar refractivity (Wildman–Crippen MR) is 115 cm³/mol. The third kappa shape index (κ3) is 4.64. The number of aromatic nitrogens is 4. The van der Waals surface area contributed by atoms with Crippen LogP contribution in [-0.2, 0) is 13.1 Å². The number of fused-ring (bicyclic) bond motifs is 1. The molecular weight excluding hydrogens is 421 g/mol. The van der Waals surface area contributed by atoms with Gasteiger partial charge in [0.15, 0.2) is 5.82 Å². The van der Waals surface area contributed by atoms with Gasteiger partial charge in [-0.25, -0.2) is 14.4 Å². The minimum atomic E-state index is -0.507. The number of nitrogens with one attached hydrogen (secondary N) is 1. The number of aryl methyl sites for hydroxylation is 1. The van der Waals surface area contributed by atoms with Crippen molar-refractivity contribution in [3.8, 4) is 0 Å². The van der Waals surface area contributed by atoms with E-state index < -0.39 is 17.3 Å². The number of para-hydroxylation sites is 1. The second-order valence-electron chi connectivity index (χ2n) is 7.01. The summed E-state index contributed by atoms with van der Waals surface area (Å²) >= 11 is 6.18. The molecule has 158 valence electrons. The molecule has 0 radical (unpaired) electrons. The van der Waals surface area contributed by atoms with Crippen molar-refractivity contribution >= 4 is 28.4 Å². The van der Waals surface area contributed by atoms with E-state index in [4.69, 9.17) is 11.6 Å². The van der Waals surface area contributed by atoms with Gasteiger partial charge in [-0.2, -0.15) is 0 Å². The fourth-order valence-electron chi connectivity index (χ4n) is 3.33. The Bertz CT molecular complexity index is 1250. The van der Waals surface area contributed by atoms with Crippen LogP contribution < -0.4 is 5.56 Å². The van der Waals surface area contributed by atoms with E-state index in [0.717, 1.165) is 0 Å². The minimum absolute atomic E-state index is 0.0508. The lowest BCUT2D eigenvalue weighted by Crippen LogP contribution is -2.35. The molecule has 2 aromatic heterocycles. The van der Waals surface area contributed by atoms with Crippen molar-refractivity contribution in [1.82, 2.24) is 24.4 Å². The molecule has 1 N–H and O–H groups in total. The number of hydrogen-bond acceptors (Lipinski definition) is 4. The van der Waals surface area contributed by atoms with Gasteiger partial charge in [-0.3, -0.25) is 9.59 Å². The molecule has 4 aromatic rings. The van der Waals surface area contributed by atoms with E-state index in [9.17, 15) is 14.0 Å². The molecule has 0 fully saturated rings. The normalized spacial score (nSPS) is 11.0. The molecule has 0 aliphatic rings. The molecule has 2 heterocycles. The van der Waals surface area contributed by atoms with Gasteiger partial charge in [-0.05, 0) is 30.7 Å². The van der Waals surface area contributed by atoms with E-state index in [-0.39, 0.29) is 23.0 Å². The van der Waals surface area contributed by atoms with Gasteiger partial charge in [0.05, 0.1) is 23.8 Å². The summed E-state index contributed by atoms with van der Waals surface area (Å²) in [5.41, 5.74) is 0.219. The van der Waals surface area contributed by atoms with E-state index in [2.05, 4.69) is 15.0 Å². The molecule has 2 aromatic carbocycles. The Morgan fingerprint density at radius 1 is 1.19 bits per heavy atom. The van der Waals surface area contributed by atoms with E-state index >= 15 is 0 Å². The number of carbonyl (C=O) groups excluding carboxylic acids is 1. The summed E-state index contributed by atoms with van der Waals surface area (Å²) < 4.78 is 16.3. The van der Waals surface area contributed by atoms with Crippen LogP contribution in [0.3, 0.4) is 0 Å². The van der Waals surface area contributed by atoms with Crippen LogP contribution in [0.4, 0.5) is 4.39 Å². The summed E-state index contributed by atoms with van der Waals surface area (Å²) in [5, 5.41) is 0.621. The van der Waals surface area contributed by atoms with Crippen LogP contribution in [0.15, 0.2) is 66.0 Å². The maximum Gasteiger partial charge on any atom is 0.290 e. The number of aromatic amines is 1. The molecule has 0 unspecified atom stereocenters. The predicted octanol–water partition coefficient (Wildman–Crippen LogP) is 3.64. The van der Waals surface area contributed by atoms with Crippen molar-refractivity contribution in [2.45, 2.75) is 19.5 Å². The van der Waals surface area contributed by atoms with E-state index in [1.807, 2.05) is 10.8 Å². The molecule has 9 heteroatoms. The number of carbonyl (C=O) groups is 1. The number of halogens is 2. The SMILES string of the molecule is O=C(c1nc2ccccc2c(=O)[nH]1)N(CCCn1ccnc1)Cc1c(F)cccc1Cl. The van der Waals surface area contributed by atoms with E-state index in [0.29, 0.717) is 30.4 Å². The quantitative estimate of drug-likeness (QED) is 0.476. The van der Waals surface area contributed by atoms with Crippen molar-refractivity contribution in [1.29, 1.82) is 0 Å². The number of benzene rings is 2. The first-order valence-electron chi connectivity index (χ1n) is 9.70. The van der Waals surface area contributed by atoms with Crippen LogP contribution in [0.5, 0.6) is 0 Å². The second kappa shape index (κ2) is 9.09. The van der Waals surface area contributed by atoms with Crippen LogP contribution in [-0.4, -0.2) is 36.9 Å². The van der Waals surface area contributed by atoms with Gasteiger partial charge < -0.3 is 14.5 Å². The standard InChI is InChI=1S/C22H19ClFN5O2/c23-17-6-3-7-18(24)16(17)13-29(11-4-10-28-12-9-25-14-28)22(31)20-26-19-8-2-1-5-15(19)21(30)27-20/h1-3,5-9,12,14H,4,10-11,13H2,(H,26,27,30). The zero-order valence-electron chi connectivity index (χ0n) is 16.5. The summed E-state index contributed by atoms with van der Waals surface area (Å²) in [5.74, 6) is -1.11. The Hall–Kier alpha value is -3.52. The number of amides is 1. The third-order valence-corrected chi connectivity index (χ3v) is 5.27. The third-order valence-electron chi connectivity index (χ3n) is 4.92. The minimum Gasteiger partial charge on any atom is -0.337 e. The first-order valence-corrected chi connectivity index (χ1v) is 10.1. The van der Waals surface area contributed by atoms with Gasteiger partial charge in [0.1, 0.15) is 5.82 Å². The lowest BCUT2D eigenvalue weighted by atomic mass is 10.2. The number of rotatable bonds is 7. The lowest BCUT2D eigenvalue weighted by Gasteiger charge is -2.23. The highest BCUT2D eigenvalue weighted by atomic mass is 35.5. The Morgan fingerprint density at radius 3 is 2.81 bits per heavy atom. The largest absolute Gasteiger partial charge is 0.337 e. The Morgan fingerprint density at radius 2 is 2.03 bits per heavy atom. The van der Waals surface area contributed by atoms with Gasteiger partial charge >= 0.3 is 0 Å². The number of nitrogens with zero attached hydrogens (tertiary/aromatic N) is 4. The Balaban J connectivity index is 1.63. The second-order valence-corrected chi connectivity index (χ2v) is 7.42. The van der Waals surface area contributed by atoms with Crippen LogP contribution in [0.1, 0.15) is 22.6 Å². The van der Waals surface area contributed by atoms with Crippen molar-refractivity contribution in [2.75, 3.05) is 6.54 Å². The number of hydrogen-bond donors (Lipinski definition) is 1.